The summed E-state index contributed by atoms with van der Waals surface area (Å²) in [6, 6.07) is 12.5. The topological polar surface area (TPSA) is 104 Å². The molecule has 0 unspecified atom stereocenters. The number of rotatable bonds is 9. The van der Waals surface area contributed by atoms with Crippen molar-refractivity contribution in [1.29, 1.82) is 0 Å². The van der Waals surface area contributed by atoms with E-state index < -0.39 is 10.0 Å². The van der Waals surface area contributed by atoms with Crippen LogP contribution in [-0.4, -0.2) is 40.2 Å². The molecule has 0 spiro atoms. The smallest absolute Gasteiger partial charge is 0.251 e. The predicted octanol–water partition coefficient (Wildman–Crippen LogP) is 1.74. The fourth-order valence-corrected chi connectivity index (χ4v) is 3.33. The molecule has 0 aromatic heterocycles. The second-order valence-corrected chi connectivity index (χ2v) is 7.73. The summed E-state index contributed by atoms with van der Waals surface area (Å²) < 4.78 is 27.2. The van der Waals surface area contributed by atoms with Crippen molar-refractivity contribution in [1.82, 2.24) is 15.4 Å². The minimum Gasteiger partial charge on any atom is -0.351 e. The second-order valence-electron chi connectivity index (χ2n) is 5.96. The molecule has 28 heavy (non-hydrogen) atoms. The van der Waals surface area contributed by atoms with Gasteiger partial charge in [-0.05, 0) is 43.8 Å². The lowest BCUT2D eigenvalue weighted by molar-refractivity contribution is 0.0953. The molecule has 0 saturated heterocycles. The van der Waals surface area contributed by atoms with Gasteiger partial charge < -0.3 is 10.6 Å². The van der Waals surface area contributed by atoms with Crippen molar-refractivity contribution in [3.63, 3.8) is 0 Å². The zero-order valence-electron chi connectivity index (χ0n) is 15.7. The largest absolute Gasteiger partial charge is 0.351 e. The zero-order valence-corrected chi connectivity index (χ0v) is 17.3. The highest BCUT2D eigenvalue weighted by Crippen LogP contribution is 2.12. The van der Waals surface area contributed by atoms with Gasteiger partial charge in [-0.2, -0.15) is 0 Å². The van der Waals surface area contributed by atoms with Crippen molar-refractivity contribution in [3.05, 3.63) is 65.2 Å². The SMILES string of the molecule is CNCCNC(=O)c1ccc(CNS(=O)(=O)c2ccc(C(C)=O)cc2)cc1.Cl. The van der Waals surface area contributed by atoms with Gasteiger partial charge in [0.2, 0.25) is 10.0 Å². The summed E-state index contributed by atoms with van der Waals surface area (Å²) in [6.45, 7) is 2.73. The molecule has 0 aliphatic rings. The number of sulfonamides is 1. The third-order valence-electron chi connectivity index (χ3n) is 3.91. The Morgan fingerprint density at radius 2 is 1.46 bits per heavy atom. The normalized spacial score (nSPS) is 10.8. The van der Waals surface area contributed by atoms with Crippen LogP contribution >= 0.6 is 12.4 Å². The van der Waals surface area contributed by atoms with Crippen molar-refractivity contribution in [2.45, 2.75) is 18.4 Å². The highest BCUT2D eigenvalue weighted by atomic mass is 35.5. The summed E-state index contributed by atoms with van der Waals surface area (Å²) in [4.78, 5) is 23.3. The first-order valence-electron chi connectivity index (χ1n) is 8.46. The van der Waals surface area contributed by atoms with E-state index in [1.165, 1.54) is 31.2 Å². The summed E-state index contributed by atoms with van der Waals surface area (Å²) in [5.41, 5.74) is 1.70. The maximum Gasteiger partial charge on any atom is 0.251 e. The molecule has 0 fully saturated rings. The second kappa shape index (κ2) is 10.9. The molecule has 0 aliphatic heterocycles. The first-order chi connectivity index (χ1) is 12.8. The Morgan fingerprint density at radius 1 is 0.893 bits per heavy atom. The lowest BCUT2D eigenvalue weighted by Crippen LogP contribution is -2.30. The molecule has 1 amide bonds. The molecule has 2 rings (SSSR count). The Hall–Kier alpha value is -2.26. The highest BCUT2D eigenvalue weighted by molar-refractivity contribution is 7.89. The summed E-state index contributed by atoms with van der Waals surface area (Å²) in [6.07, 6.45) is 0. The van der Waals surface area contributed by atoms with E-state index in [0.29, 0.717) is 24.2 Å². The molecular weight excluding hydrogens is 402 g/mol. The predicted molar refractivity (Wildman–Crippen MR) is 110 cm³/mol. The highest BCUT2D eigenvalue weighted by Gasteiger charge is 2.14. The van der Waals surface area contributed by atoms with Gasteiger partial charge in [0.05, 0.1) is 4.90 Å². The molecule has 2 aromatic carbocycles. The Morgan fingerprint density at radius 3 is 2.00 bits per heavy atom. The van der Waals surface area contributed by atoms with Crippen LogP contribution in [0.1, 0.15) is 33.2 Å². The van der Waals surface area contributed by atoms with Crippen LogP contribution in [0.5, 0.6) is 0 Å². The van der Waals surface area contributed by atoms with Crippen molar-refractivity contribution in [2.75, 3.05) is 20.1 Å². The molecule has 0 heterocycles. The van der Waals surface area contributed by atoms with Crippen LogP contribution in [-0.2, 0) is 16.6 Å². The van der Waals surface area contributed by atoms with E-state index in [2.05, 4.69) is 15.4 Å². The minimum absolute atomic E-state index is 0. The molecule has 0 aliphatic carbocycles. The van der Waals surface area contributed by atoms with E-state index in [9.17, 15) is 18.0 Å². The lowest BCUT2D eigenvalue weighted by Gasteiger charge is -2.09. The van der Waals surface area contributed by atoms with E-state index in [4.69, 9.17) is 0 Å². The van der Waals surface area contributed by atoms with Gasteiger partial charge in [0.1, 0.15) is 0 Å². The number of hydrogen-bond donors (Lipinski definition) is 3. The average Bonchev–Trinajstić information content (AvgIpc) is 2.67. The van der Waals surface area contributed by atoms with Crippen molar-refractivity contribution in [2.24, 2.45) is 0 Å². The number of halogens is 1. The van der Waals surface area contributed by atoms with Crippen molar-refractivity contribution in [3.8, 4) is 0 Å². The number of carbonyl (C=O) groups excluding carboxylic acids is 2. The maximum absolute atomic E-state index is 12.3. The summed E-state index contributed by atoms with van der Waals surface area (Å²) >= 11 is 0. The molecule has 0 saturated carbocycles. The van der Waals surface area contributed by atoms with Gasteiger partial charge in [0, 0.05) is 30.8 Å². The molecule has 0 atom stereocenters. The van der Waals surface area contributed by atoms with E-state index in [0.717, 1.165) is 5.56 Å². The summed E-state index contributed by atoms with van der Waals surface area (Å²) in [5.74, 6) is -0.301. The molecule has 9 heteroatoms. The van der Waals surface area contributed by atoms with Gasteiger partial charge in [-0.25, -0.2) is 13.1 Å². The van der Waals surface area contributed by atoms with Crippen LogP contribution in [0.15, 0.2) is 53.4 Å². The van der Waals surface area contributed by atoms with Gasteiger partial charge in [0.25, 0.3) is 5.91 Å². The number of likely N-dealkylation sites (N-methyl/N-ethyl adjacent to an activating group) is 1. The molecule has 0 radical (unpaired) electrons. The van der Waals surface area contributed by atoms with Crippen molar-refractivity contribution >= 4 is 34.1 Å². The molecule has 3 N–H and O–H groups in total. The standard InChI is InChI=1S/C19H23N3O4S.ClH/c1-14(23)16-7-9-18(10-8-16)27(25,26)22-13-15-3-5-17(6-4-15)19(24)21-12-11-20-2;/h3-10,20,22H,11-13H2,1-2H3,(H,21,24);1H. The van der Waals surface area contributed by atoms with Crippen LogP contribution in [0.4, 0.5) is 0 Å². The third kappa shape index (κ3) is 6.72. The first-order valence-corrected chi connectivity index (χ1v) is 9.94. The third-order valence-corrected chi connectivity index (χ3v) is 5.33. The fraction of sp³-hybridized carbons (Fsp3) is 0.263. The number of benzene rings is 2. The molecular formula is C19H24ClN3O4S. The molecule has 152 valence electrons. The summed E-state index contributed by atoms with van der Waals surface area (Å²) in [7, 11) is -1.88. The Labute approximate surface area is 171 Å². The van der Waals surface area contributed by atoms with Gasteiger partial charge >= 0.3 is 0 Å². The quantitative estimate of drug-likeness (QED) is 0.419. The van der Waals surface area contributed by atoms with E-state index in [-0.39, 0.29) is 35.5 Å². The van der Waals surface area contributed by atoms with E-state index >= 15 is 0 Å². The Bertz CT molecular complexity index is 898. The maximum atomic E-state index is 12.3. The van der Waals surface area contributed by atoms with Gasteiger partial charge in [-0.1, -0.05) is 24.3 Å². The molecule has 2 aromatic rings. The van der Waals surface area contributed by atoms with Crippen LogP contribution in [0.2, 0.25) is 0 Å². The first kappa shape index (κ1) is 23.8. The van der Waals surface area contributed by atoms with Gasteiger partial charge in [-0.15, -0.1) is 12.4 Å². The van der Waals surface area contributed by atoms with Crippen molar-refractivity contribution < 1.29 is 18.0 Å². The summed E-state index contributed by atoms with van der Waals surface area (Å²) in [5, 5.41) is 5.71. The van der Waals surface area contributed by atoms with Gasteiger partial charge in [-0.3, -0.25) is 9.59 Å². The van der Waals surface area contributed by atoms with E-state index in [1.54, 1.807) is 31.3 Å². The van der Waals surface area contributed by atoms with Crippen LogP contribution in [0, 0.1) is 0 Å². The Kier molecular flexibility index (Phi) is 9.27. The van der Waals surface area contributed by atoms with Crippen LogP contribution < -0.4 is 15.4 Å². The number of amides is 1. The van der Waals surface area contributed by atoms with E-state index in [1.807, 2.05) is 0 Å². The molecule has 7 nitrogen and oxygen atoms in total. The average molecular weight is 426 g/mol. The minimum atomic E-state index is -3.69. The van der Waals surface area contributed by atoms with Gasteiger partial charge in [0.15, 0.2) is 5.78 Å². The van der Waals surface area contributed by atoms with Crippen LogP contribution in [0.25, 0.3) is 0 Å². The Balaban J connectivity index is 0.00000392. The lowest BCUT2D eigenvalue weighted by atomic mass is 10.1. The number of carbonyl (C=O) groups is 2. The molecule has 0 bridgehead atoms. The monoisotopic (exact) mass is 425 g/mol. The van der Waals surface area contributed by atoms with Crippen LogP contribution in [0.3, 0.4) is 0 Å². The number of nitrogens with one attached hydrogen (secondary N) is 3. The number of hydrogen-bond acceptors (Lipinski definition) is 5. The number of Topliss-reactive ketones (excluding diaryl/α,β-unsaturated/α-hetero) is 1. The zero-order chi connectivity index (χ0) is 19.9. The fourth-order valence-electron chi connectivity index (χ4n) is 2.31. The number of ketones is 1.